The number of ketones is 1. The first kappa shape index (κ1) is 12.6. The third-order valence-corrected chi connectivity index (χ3v) is 5.01. The first-order valence-corrected chi connectivity index (χ1v) is 6.60. The second-order valence-electron chi connectivity index (χ2n) is 6.73. The van der Waals surface area contributed by atoms with E-state index < -0.39 is 0 Å². The molecule has 0 aliphatic heterocycles. The highest BCUT2D eigenvalue weighted by molar-refractivity contribution is 5.86. The largest absolute Gasteiger partial charge is 0.299 e. The van der Waals surface area contributed by atoms with Crippen LogP contribution in [-0.4, -0.2) is 5.78 Å². The first-order chi connectivity index (χ1) is 7.76. The molecule has 0 heterocycles. The highest BCUT2D eigenvalue weighted by Crippen LogP contribution is 2.66. The van der Waals surface area contributed by atoms with Crippen LogP contribution in [0.5, 0.6) is 0 Å². The molecule has 0 aromatic heterocycles. The Balaban J connectivity index is 2.29. The fourth-order valence-electron chi connectivity index (χ4n) is 3.83. The quantitative estimate of drug-likeness (QED) is 0.657. The molecule has 0 radical (unpaired) electrons. The summed E-state index contributed by atoms with van der Waals surface area (Å²) in [5.41, 5.74) is 2.59. The predicted octanol–water partition coefficient (Wildman–Crippen LogP) is 4.01. The normalized spacial score (nSPS) is 39.2. The van der Waals surface area contributed by atoms with Gasteiger partial charge >= 0.3 is 0 Å². The summed E-state index contributed by atoms with van der Waals surface area (Å²) in [4.78, 5) is 12.3. The minimum Gasteiger partial charge on any atom is -0.299 e. The fraction of sp³-hybridized carbons (Fsp3) is 0.688. The summed E-state index contributed by atoms with van der Waals surface area (Å²) in [5, 5.41) is 0. The molecule has 1 heteroatoms. The topological polar surface area (TPSA) is 17.1 Å². The van der Waals surface area contributed by atoms with Gasteiger partial charge in [-0.1, -0.05) is 38.2 Å². The number of carbonyl (C=O) groups is 1. The average molecular weight is 232 g/mol. The number of rotatable bonds is 2. The molecule has 0 spiro atoms. The molecule has 4 unspecified atom stereocenters. The van der Waals surface area contributed by atoms with Gasteiger partial charge in [-0.05, 0) is 43.4 Å². The highest BCUT2D eigenvalue weighted by atomic mass is 16.1. The molecule has 2 aliphatic rings. The van der Waals surface area contributed by atoms with Crippen LogP contribution in [0.4, 0.5) is 0 Å². The molecule has 1 nitrogen and oxygen atoms in total. The van der Waals surface area contributed by atoms with E-state index >= 15 is 0 Å². The van der Waals surface area contributed by atoms with Gasteiger partial charge in [0, 0.05) is 12.3 Å². The Morgan fingerprint density at radius 3 is 2.29 bits per heavy atom. The number of hydrogen-bond donors (Lipinski definition) is 0. The van der Waals surface area contributed by atoms with Crippen molar-refractivity contribution in [3.05, 3.63) is 24.3 Å². The Morgan fingerprint density at radius 2 is 1.82 bits per heavy atom. The van der Waals surface area contributed by atoms with Gasteiger partial charge in [0.1, 0.15) is 5.78 Å². The van der Waals surface area contributed by atoms with Crippen LogP contribution < -0.4 is 0 Å². The van der Waals surface area contributed by atoms with Gasteiger partial charge in [-0.3, -0.25) is 4.79 Å². The van der Waals surface area contributed by atoms with E-state index in [-0.39, 0.29) is 11.3 Å². The van der Waals surface area contributed by atoms with Gasteiger partial charge in [-0.25, -0.2) is 0 Å². The first-order valence-electron chi connectivity index (χ1n) is 6.60. The Morgan fingerprint density at radius 1 is 1.24 bits per heavy atom. The van der Waals surface area contributed by atoms with Crippen molar-refractivity contribution in [3.63, 3.8) is 0 Å². The molecule has 0 amide bonds. The molecule has 94 valence electrons. The van der Waals surface area contributed by atoms with Crippen molar-refractivity contribution in [2.75, 3.05) is 0 Å². The van der Waals surface area contributed by atoms with E-state index in [1.165, 1.54) is 5.57 Å². The van der Waals surface area contributed by atoms with E-state index in [9.17, 15) is 4.79 Å². The van der Waals surface area contributed by atoms with E-state index in [0.717, 1.165) is 12.0 Å². The van der Waals surface area contributed by atoms with E-state index in [1.54, 1.807) is 0 Å². The summed E-state index contributed by atoms with van der Waals surface area (Å²) in [5.74, 6) is 2.12. The van der Waals surface area contributed by atoms with Crippen LogP contribution in [0.25, 0.3) is 0 Å². The van der Waals surface area contributed by atoms with Gasteiger partial charge in [0.2, 0.25) is 0 Å². The molecule has 0 N–H and O–H groups in total. The van der Waals surface area contributed by atoms with Crippen LogP contribution in [0.1, 0.15) is 40.5 Å². The number of fused-ring (bicyclic) bond motifs is 1. The van der Waals surface area contributed by atoms with Crippen molar-refractivity contribution in [2.24, 2.45) is 29.1 Å². The van der Waals surface area contributed by atoms with Crippen molar-refractivity contribution < 1.29 is 4.79 Å². The summed E-state index contributed by atoms with van der Waals surface area (Å²) in [6, 6.07) is 0. The molecular formula is C16H24O. The second kappa shape index (κ2) is 3.83. The molecule has 4 atom stereocenters. The van der Waals surface area contributed by atoms with Crippen LogP contribution in [0.2, 0.25) is 0 Å². The average Bonchev–Trinajstić information content (AvgIpc) is 2.79. The van der Waals surface area contributed by atoms with Gasteiger partial charge in [0.25, 0.3) is 0 Å². The maximum atomic E-state index is 12.3. The van der Waals surface area contributed by atoms with E-state index in [1.807, 2.05) is 0 Å². The molecular weight excluding hydrogens is 208 g/mol. The Labute approximate surface area is 105 Å². The van der Waals surface area contributed by atoms with Crippen LogP contribution in [0, 0.1) is 29.1 Å². The van der Waals surface area contributed by atoms with E-state index in [2.05, 4.69) is 40.9 Å². The number of carbonyl (C=O) groups excluding carboxylic acids is 1. The molecule has 2 aliphatic carbocycles. The van der Waals surface area contributed by atoms with Crippen LogP contribution in [0.3, 0.4) is 0 Å². The molecule has 17 heavy (non-hydrogen) atoms. The molecule has 0 saturated heterocycles. The van der Waals surface area contributed by atoms with Gasteiger partial charge in [0.15, 0.2) is 0 Å². The van der Waals surface area contributed by atoms with Crippen molar-refractivity contribution in [3.8, 4) is 0 Å². The Kier molecular flexibility index (Phi) is 2.84. The molecule has 2 rings (SSSR count). The van der Waals surface area contributed by atoms with Crippen LogP contribution >= 0.6 is 0 Å². The third-order valence-electron chi connectivity index (χ3n) is 5.01. The molecule has 0 bridgehead atoms. The fourth-order valence-corrected chi connectivity index (χ4v) is 3.83. The lowest BCUT2D eigenvalue weighted by Gasteiger charge is -2.24. The predicted molar refractivity (Wildman–Crippen MR) is 71.6 cm³/mol. The zero-order valence-electron chi connectivity index (χ0n) is 11.5. The zero-order chi connectivity index (χ0) is 13.0. The smallest absolute Gasteiger partial charge is 0.137 e. The minimum atomic E-state index is 0.195. The molecule has 0 aromatic rings. The van der Waals surface area contributed by atoms with Crippen molar-refractivity contribution in [2.45, 2.75) is 40.5 Å². The lowest BCUT2D eigenvalue weighted by molar-refractivity contribution is -0.121. The van der Waals surface area contributed by atoms with Crippen molar-refractivity contribution in [1.29, 1.82) is 0 Å². The maximum Gasteiger partial charge on any atom is 0.137 e. The van der Waals surface area contributed by atoms with Crippen LogP contribution in [-0.2, 0) is 4.79 Å². The zero-order valence-corrected chi connectivity index (χ0v) is 11.5. The number of allylic oxidation sites excluding steroid dienone is 2. The van der Waals surface area contributed by atoms with E-state index in [0.29, 0.717) is 30.0 Å². The van der Waals surface area contributed by atoms with Gasteiger partial charge in [-0.2, -0.15) is 0 Å². The van der Waals surface area contributed by atoms with Crippen molar-refractivity contribution >= 4 is 5.78 Å². The maximum absolute atomic E-state index is 12.3. The Hall–Kier alpha value is -0.850. The van der Waals surface area contributed by atoms with Gasteiger partial charge in [0.05, 0.1) is 0 Å². The van der Waals surface area contributed by atoms with Crippen molar-refractivity contribution in [1.82, 2.24) is 0 Å². The number of hydrogen-bond acceptors (Lipinski definition) is 1. The summed E-state index contributed by atoms with van der Waals surface area (Å²) in [7, 11) is 0. The van der Waals surface area contributed by atoms with Gasteiger partial charge in [-0.15, -0.1) is 0 Å². The monoisotopic (exact) mass is 232 g/mol. The number of Topliss-reactive ketones (excluding diaryl/α,β-unsaturated/α-hetero) is 1. The summed E-state index contributed by atoms with van der Waals surface area (Å²) in [6.07, 6.45) is 1.77. The standard InChI is InChI=1S/C16H24O/c1-9(2)11-7-12(10(3)4)14-15(13(17)8-11)16(14,5)6/h11-12,14-15H,1,3,7-8H2,2,4-6H3. The summed E-state index contributed by atoms with van der Waals surface area (Å²) in [6.45, 7) is 16.8. The second-order valence-corrected chi connectivity index (χ2v) is 6.73. The van der Waals surface area contributed by atoms with E-state index in [4.69, 9.17) is 0 Å². The molecule has 0 aromatic carbocycles. The SMILES string of the molecule is C=C(C)C1CC(=O)C2C(C(C(=C)C)C1)C2(C)C. The Bertz CT molecular complexity index is 388. The highest BCUT2D eigenvalue weighted by Gasteiger charge is 2.65. The molecule has 2 saturated carbocycles. The van der Waals surface area contributed by atoms with Gasteiger partial charge < -0.3 is 0 Å². The minimum absolute atomic E-state index is 0.195. The lowest BCUT2D eigenvalue weighted by Crippen LogP contribution is -2.16. The lowest BCUT2D eigenvalue weighted by atomic mass is 9.81. The summed E-state index contributed by atoms with van der Waals surface area (Å²) >= 11 is 0. The summed E-state index contributed by atoms with van der Waals surface area (Å²) < 4.78 is 0. The van der Waals surface area contributed by atoms with Crippen LogP contribution in [0.15, 0.2) is 24.3 Å². The third kappa shape index (κ3) is 1.90. The molecule has 2 fully saturated rings.